The van der Waals surface area contributed by atoms with Gasteiger partial charge in [0.25, 0.3) is 5.56 Å². The Morgan fingerprint density at radius 1 is 0.962 bits per heavy atom. The zero-order valence-corrected chi connectivity index (χ0v) is 30.3. The first-order valence-corrected chi connectivity index (χ1v) is 18.3. The van der Waals surface area contributed by atoms with Gasteiger partial charge in [-0.1, -0.05) is 66.7 Å². The number of esters is 2. The van der Waals surface area contributed by atoms with Crippen LogP contribution in [0.3, 0.4) is 0 Å². The van der Waals surface area contributed by atoms with Crippen LogP contribution >= 0.6 is 19.3 Å². The number of carbonyl (C=O) groups is 2. The fraction of sp³-hybridized carbons (Fsp3) is 0.333. The zero-order valence-electron chi connectivity index (χ0n) is 28.7. The third-order valence-electron chi connectivity index (χ3n) is 7.77. The molecule has 1 aromatic heterocycles. The van der Waals surface area contributed by atoms with E-state index in [1.165, 1.54) is 25.3 Å². The van der Waals surface area contributed by atoms with E-state index in [1.54, 1.807) is 62.4 Å². The Morgan fingerprint density at radius 2 is 1.60 bits per heavy atom. The molecule has 0 radical (unpaired) electrons. The van der Waals surface area contributed by atoms with Gasteiger partial charge in [-0.25, -0.2) is 23.8 Å². The summed E-state index contributed by atoms with van der Waals surface area (Å²) >= 11 is 7.13. The van der Waals surface area contributed by atoms with Gasteiger partial charge in [0.05, 0.1) is 24.9 Å². The van der Waals surface area contributed by atoms with Crippen molar-refractivity contribution in [3.63, 3.8) is 0 Å². The van der Waals surface area contributed by atoms with E-state index in [4.69, 9.17) is 39.6 Å². The fourth-order valence-corrected chi connectivity index (χ4v) is 6.92. The number of ether oxygens (including phenoxy) is 4. The second kappa shape index (κ2) is 17.3. The Labute approximate surface area is 304 Å². The summed E-state index contributed by atoms with van der Waals surface area (Å²) in [5.41, 5.74) is -0.389. The van der Waals surface area contributed by atoms with Gasteiger partial charge in [-0.3, -0.25) is 18.7 Å². The van der Waals surface area contributed by atoms with E-state index < -0.39 is 73.5 Å². The first kappa shape index (κ1) is 38.7. The molecule has 5 rings (SSSR count). The van der Waals surface area contributed by atoms with E-state index in [0.717, 1.165) is 20.8 Å². The number of aromatic nitrogens is 2. The molecule has 5 atom stereocenters. The van der Waals surface area contributed by atoms with Crippen LogP contribution in [0, 0.1) is 0 Å². The number of halogens is 1. The molecule has 1 unspecified atom stereocenters. The van der Waals surface area contributed by atoms with Gasteiger partial charge in [0.15, 0.2) is 12.3 Å². The maximum atomic E-state index is 14.1. The maximum absolute atomic E-state index is 14.1. The van der Waals surface area contributed by atoms with Crippen LogP contribution in [-0.2, 0) is 46.2 Å². The molecule has 52 heavy (non-hydrogen) atoms. The number of hydrogen-bond donors (Lipinski definition) is 1. The second-order valence-electron chi connectivity index (χ2n) is 12.2. The molecule has 1 aliphatic rings. The number of alkyl halides is 1. The molecule has 0 saturated carbocycles. The predicted octanol–water partition coefficient (Wildman–Crippen LogP) is 5.05. The third kappa shape index (κ3) is 9.85. The SMILES string of the molecule is CC(C)OC(=O)CNP(=O)(OC[C@H]1O[C@@H](n2ccc(=O)n(COCc3ccccc3)c2=O)[C@](C)(Cl)[C@@H]1OC(=O)c1ccccc1)Oc1ccccc1. The van der Waals surface area contributed by atoms with Gasteiger partial charge in [0.1, 0.15) is 30.0 Å². The van der Waals surface area contributed by atoms with Crippen molar-refractivity contribution in [3.8, 4) is 5.75 Å². The molecule has 1 N–H and O–H groups in total. The van der Waals surface area contributed by atoms with E-state index in [9.17, 15) is 23.7 Å². The van der Waals surface area contributed by atoms with E-state index >= 15 is 0 Å². The quantitative estimate of drug-likeness (QED) is 0.0922. The van der Waals surface area contributed by atoms with E-state index in [2.05, 4.69) is 5.09 Å². The molecule has 0 aliphatic carbocycles. The van der Waals surface area contributed by atoms with Crippen LogP contribution < -0.4 is 20.9 Å². The average Bonchev–Trinajstić information content (AvgIpc) is 3.37. The summed E-state index contributed by atoms with van der Waals surface area (Å²) < 4.78 is 50.5. The number of para-hydroxylation sites is 1. The molecule has 0 spiro atoms. The zero-order chi connectivity index (χ0) is 37.3. The highest BCUT2D eigenvalue weighted by molar-refractivity contribution is 7.52. The molecule has 0 bridgehead atoms. The van der Waals surface area contributed by atoms with Crippen molar-refractivity contribution in [2.45, 2.75) is 63.5 Å². The van der Waals surface area contributed by atoms with Crippen molar-refractivity contribution in [3.05, 3.63) is 135 Å². The lowest BCUT2D eigenvalue weighted by Gasteiger charge is -2.29. The molecule has 1 saturated heterocycles. The highest BCUT2D eigenvalue weighted by atomic mass is 35.5. The van der Waals surface area contributed by atoms with Crippen LogP contribution in [0.25, 0.3) is 0 Å². The summed E-state index contributed by atoms with van der Waals surface area (Å²) in [7, 11) is -4.35. The summed E-state index contributed by atoms with van der Waals surface area (Å²) in [6.07, 6.45) is -3.12. The van der Waals surface area contributed by atoms with Crippen molar-refractivity contribution in [2.24, 2.45) is 0 Å². The summed E-state index contributed by atoms with van der Waals surface area (Å²) in [5, 5.41) is 2.51. The van der Waals surface area contributed by atoms with Crippen LogP contribution in [0.2, 0.25) is 0 Å². The maximum Gasteiger partial charge on any atom is 0.459 e. The van der Waals surface area contributed by atoms with Crippen LogP contribution in [0.1, 0.15) is 42.9 Å². The first-order chi connectivity index (χ1) is 24.9. The Hall–Kier alpha value is -4.56. The molecular formula is C36H39ClN3O11P. The Morgan fingerprint density at radius 3 is 2.25 bits per heavy atom. The third-order valence-corrected chi connectivity index (χ3v) is 9.65. The van der Waals surface area contributed by atoms with E-state index in [1.807, 2.05) is 30.3 Å². The number of nitrogens with one attached hydrogen (secondary N) is 1. The van der Waals surface area contributed by atoms with Gasteiger partial charge in [0.2, 0.25) is 0 Å². The highest BCUT2D eigenvalue weighted by Gasteiger charge is 2.57. The van der Waals surface area contributed by atoms with E-state index in [0.29, 0.717) is 0 Å². The Bertz CT molecular complexity index is 1970. The van der Waals surface area contributed by atoms with Crippen LogP contribution in [0.15, 0.2) is 113 Å². The van der Waals surface area contributed by atoms with Gasteiger partial charge < -0.3 is 23.5 Å². The predicted molar refractivity (Wildman–Crippen MR) is 190 cm³/mol. The van der Waals surface area contributed by atoms with Crippen molar-refractivity contribution >= 4 is 31.3 Å². The normalized spacial score (nSPS) is 21.0. The van der Waals surface area contributed by atoms with Crippen LogP contribution in [0.4, 0.5) is 0 Å². The molecule has 14 nitrogen and oxygen atoms in total. The summed E-state index contributed by atoms with van der Waals surface area (Å²) in [4.78, 5) is 50.6. The molecule has 0 amide bonds. The van der Waals surface area contributed by atoms with Gasteiger partial charge >= 0.3 is 25.4 Å². The number of benzene rings is 3. The standard InChI is InChI=1S/C36H39ClN3O11P/c1-25(2)48-31(42)21-38-52(45,51-28-17-11-6-12-18-28)47-23-29-32(50-33(43)27-15-9-5-10-16-27)36(3,37)34(49-29)39-20-19-30(41)40(35(39)44)24-46-22-26-13-7-4-8-14-26/h4-20,25,29,32,34H,21-24H2,1-3H3,(H,38,45)/t29-,32-,34-,36-,52?/m1/s1. The lowest BCUT2D eigenvalue weighted by atomic mass is 10.0. The number of hydrogen-bond acceptors (Lipinski definition) is 11. The highest BCUT2D eigenvalue weighted by Crippen LogP contribution is 2.48. The monoisotopic (exact) mass is 755 g/mol. The van der Waals surface area contributed by atoms with E-state index in [-0.39, 0.29) is 24.7 Å². The minimum atomic E-state index is -4.35. The van der Waals surface area contributed by atoms with Gasteiger partial charge in [-0.15, -0.1) is 11.6 Å². The van der Waals surface area contributed by atoms with Crippen LogP contribution in [-0.4, -0.2) is 57.4 Å². The molecule has 1 fully saturated rings. The van der Waals surface area contributed by atoms with Crippen molar-refractivity contribution in [2.75, 3.05) is 13.2 Å². The summed E-state index contributed by atoms with van der Waals surface area (Å²) in [6.45, 7) is 3.50. The Kier molecular flexibility index (Phi) is 12.9. The first-order valence-electron chi connectivity index (χ1n) is 16.3. The fourth-order valence-electron chi connectivity index (χ4n) is 5.31. The summed E-state index contributed by atoms with van der Waals surface area (Å²) in [5.74, 6) is -1.30. The number of carbonyl (C=O) groups excluding carboxylic acids is 2. The smallest absolute Gasteiger partial charge is 0.459 e. The lowest BCUT2D eigenvalue weighted by Crippen LogP contribution is -2.47. The van der Waals surface area contributed by atoms with Gasteiger partial charge in [-0.05, 0) is 50.6 Å². The van der Waals surface area contributed by atoms with Gasteiger partial charge in [-0.2, -0.15) is 0 Å². The number of rotatable bonds is 16. The molecule has 16 heteroatoms. The van der Waals surface area contributed by atoms with Crippen LogP contribution in [0.5, 0.6) is 5.75 Å². The largest absolute Gasteiger partial charge is 0.462 e. The minimum Gasteiger partial charge on any atom is -0.462 e. The van der Waals surface area contributed by atoms with Crippen molar-refractivity contribution in [1.29, 1.82) is 0 Å². The number of nitrogens with zero attached hydrogens (tertiary/aromatic N) is 2. The molecular weight excluding hydrogens is 717 g/mol. The molecule has 3 aromatic carbocycles. The molecule has 276 valence electrons. The van der Waals surface area contributed by atoms with Crippen molar-refractivity contribution < 1.29 is 42.1 Å². The molecule has 1 aliphatic heterocycles. The molecule has 2 heterocycles. The minimum absolute atomic E-state index is 0.139. The summed E-state index contributed by atoms with van der Waals surface area (Å²) in [6, 6.07) is 26.6. The average molecular weight is 756 g/mol. The van der Waals surface area contributed by atoms with Crippen molar-refractivity contribution in [1.82, 2.24) is 14.2 Å². The topological polar surface area (TPSA) is 163 Å². The second-order valence-corrected chi connectivity index (χ2v) is 14.7. The lowest BCUT2D eigenvalue weighted by molar-refractivity contribution is -0.146. The van der Waals surface area contributed by atoms with Gasteiger partial charge in [0, 0.05) is 12.3 Å². The Balaban J connectivity index is 1.43. The molecule has 4 aromatic rings.